The Balaban J connectivity index is 2.23. The summed E-state index contributed by atoms with van der Waals surface area (Å²) in [6, 6.07) is 6.47. The van der Waals surface area contributed by atoms with E-state index in [2.05, 4.69) is 4.98 Å². The number of aromatic hydroxyl groups is 1. The molecular weight excluding hydrogens is 326 g/mol. The van der Waals surface area contributed by atoms with E-state index in [0.717, 1.165) is 15.9 Å². The second-order valence-electron chi connectivity index (χ2n) is 6.12. The topological polar surface area (TPSA) is 117 Å². The molecule has 0 saturated carbocycles. The van der Waals surface area contributed by atoms with E-state index in [1.54, 1.807) is 26.4 Å². The van der Waals surface area contributed by atoms with Crippen molar-refractivity contribution < 1.29 is 19.8 Å². The van der Waals surface area contributed by atoms with Gasteiger partial charge in [0.05, 0.1) is 12.8 Å². The molecule has 8 heteroatoms. The molecule has 1 aromatic heterocycles. The summed E-state index contributed by atoms with van der Waals surface area (Å²) in [6.07, 6.45) is 0.988. The minimum Gasteiger partial charge on any atom is -0.497 e. The van der Waals surface area contributed by atoms with Crippen LogP contribution in [0.4, 0.5) is 0 Å². The Labute approximate surface area is 145 Å². The van der Waals surface area contributed by atoms with E-state index >= 15 is 0 Å². The molecule has 0 bridgehead atoms. The Kier molecular flexibility index (Phi) is 5.87. The van der Waals surface area contributed by atoms with Crippen molar-refractivity contribution in [3.05, 3.63) is 46.0 Å². The molecule has 0 unspecified atom stereocenters. The Morgan fingerprint density at radius 3 is 2.44 bits per heavy atom. The Morgan fingerprint density at radius 1 is 1.28 bits per heavy atom. The van der Waals surface area contributed by atoms with Gasteiger partial charge in [0.1, 0.15) is 11.8 Å². The Morgan fingerprint density at radius 2 is 1.92 bits per heavy atom. The highest BCUT2D eigenvalue weighted by Crippen LogP contribution is 2.25. The summed E-state index contributed by atoms with van der Waals surface area (Å²) in [4.78, 5) is 26.6. The molecule has 1 amide bonds. The fourth-order valence-corrected chi connectivity index (χ4v) is 2.76. The van der Waals surface area contributed by atoms with Crippen LogP contribution in [0.3, 0.4) is 0 Å². The van der Waals surface area contributed by atoms with Gasteiger partial charge in [0.25, 0.3) is 5.91 Å². The standard InChI is InChI=1S/C17H23N3O5/c1-10(2)14(15(21)19-24)20-16(22)13(18-17(20)23)9-6-11-4-7-12(25-3)8-5-11/h4-5,7-8,10,14,22,24H,6,9H2,1-3H3,(H,18,23)(H,19,21)/t14-/m1/s1. The summed E-state index contributed by atoms with van der Waals surface area (Å²) < 4.78 is 6.07. The first kappa shape index (κ1) is 18.6. The third-order valence-corrected chi connectivity index (χ3v) is 4.09. The number of aryl methyl sites for hydroxylation is 2. The van der Waals surface area contributed by atoms with E-state index in [4.69, 9.17) is 9.94 Å². The van der Waals surface area contributed by atoms with Gasteiger partial charge >= 0.3 is 5.69 Å². The average Bonchev–Trinajstić information content (AvgIpc) is 2.88. The molecule has 0 aliphatic heterocycles. The van der Waals surface area contributed by atoms with Gasteiger partial charge < -0.3 is 14.8 Å². The van der Waals surface area contributed by atoms with E-state index in [0.29, 0.717) is 18.5 Å². The number of hydrogen-bond acceptors (Lipinski definition) is 5. The van der Waals surface area contributed by atoms with Gasteiger partial charge in [0, 0.05) is 0 Å². The minimum absolute atomic E-state index is 0.291. The van der Waals surface area contributed by atoms with Gasteiger partial charge in [-0.3, -0.25) is 14.6 Å². The van der Waals surface area contributed by atoms with Crippen LogP contribution in [0.1, 0.15) is 31.1 Å². The van der Waals surface area contributed by atoms with Crippen LogP contribution in [0.15, 0.2) is 29.1 Å². The zero-order valence-corrected chi connectivity index (χ0v) is 14.4. The van der Waals surface area contributed by atoms with Gasteiger partial charge in [-0.1, -0.05) is 26.0 Å². The van der Waals surface area contributed by atoms with Crippen LogP contribution in [0.5, 0.6) is 11.6 Å². The van der Waals surface area contributed by atoms with Gasteiger partial charge in [-0.2, -0.15) is 0 Å². The number of nitrogens with one attached hydrogen (secondary N) is 2. The molecule has 0 spiro atoms. The number of H-pyrrole nitrogens is 1. The smallest absolute Gasteiger partial charge is 0.329 e. The maximum atomic E-state index is 12.2. The first-order valence-electron chi connectivity index (χ1n) is 7.98. The predicted molar refractivity (Wildman–Crippen MR) is 90.9 cm³/mol. The fraction of sp³-hybridized carbons (Fsp3) is 0.412. The summed E-state index contributed by atoms with van der Waals surface area (Å²) in [7, 11) is 1.59. The van der Waals surface area contributed by atoms with Crippen molar-refractivity contribution in [2.45, 2.75) is 32.7 Å². The monoisotopic (exact) mass is 349 g/mol. The van der Waals surface area contributed by atoms with Crippen LogP contribution in [-0.4, -0.2) is 32.9 Å². The molecular formula is C17H23N3O5. The van der Waals surface area contributed by atoms with E-state index in [9.17, 15) is 14.7 Å². The largest absolute Gasteiger partial charge is 0.497 e. The number of benzene rings is 1. The maximum Gasteiger partial charge on any atom is 0.329 e. The van der Waals surface area contributed by atoms with E-state index in [-0.39, 0.29) is 11.8 Å². The number of ether oxygens (including phenoxy) is 1. The lowest BCUT2D eigenvalue weighted by Crippen LogP contribution is -2.37. The third-order valence-electron chi connectivity index (χ3n) is 4.09. The van der Waals surface area contributed by atoms with Gasteiger partial charge in [-0.15, -0.1) is 0 Å². The first-order chi connectivity index (χ1) is 11.9. The number of imidazole rings is 1. The third kappa shape index (κ3) is 4.03. The highest BCUT2D eigenvalue weighted by atomic mass is 16.5. The molecule has 2 rings (SSSR count). The van der Waals surface area contributed by atoms with E-state index < -0.39 is 17.6 Å². The quantitative estimate of drug-likeness (QED) is 0.445. The van der Waals surface area contributed by atoms with Crippen molar-refractivity contribution in [3.63, 3.8) is 0 Å². The molecule has 1 heterocycles. The molecule has 0 aliphatic carbocycles. The second-order valence-corrected chi connectivity index (χ2v) is 6.12. The van der Waals surface area contributed by atoms with Crippen molar-refractivity contribution in [1.29, 1.82) is 0 Å². The van der Waals surface area contributed by atoms with Crippen LogP contribution < -0.4 is 15.9 Å². The number of aromatic amines is 1. The molecule has 2 aromatic rings. The number of amides is 1. The van der Waals surface area contributed by atoms with Crippen molar-refractivity contribution in [2.24, 2.45) is 5.92 Å². The number of nitrogens with zero attached hydrogens (tertiary/aromatic N) is 1. The van der Waals surface area contributed by atoms with E-state index in [1.165, 1.54) is 0 Å². The molecule has 4 N–H and O–H groups in total. The normalized spacial score (nSPS) is 12.2. The number of rotatable bonds is 7. The molecule has 0 radical (unpaired) electrons. The van der Waals surface area contributed by atoms with E-state index in [1.807, 2.05) is 24.3 Å². The number of hydroxylamine groups is 1. The number of aromatic nitrogens is 2. The molecule has 25 heavy (non-hydrogen) atoms. The highest BCUT2D eigenvalue weighted by Gasteiger charge is 2.29. The summed E-state index contributed by atoms with van der Waals surface area (Å²) in [5.74, 6) is -0.601. The van der Waals surface area contributed by atoms with Crippen LogP contribution in [0, 0.1) is 5.92 Å². The SMILES string of the molecule is COc1ccc(CCc2[nH]c(=O)n([C@@H](C(=O)NO)C(C)C)c2O)cc1. The highest BCUT2D eigenvalue weighted by molar-refractivity contribution is 5.79. The summed E-state index contributed by atoms with van der Waals surface area (Å²) in [5.41, 5.74) is 2.31. The van der Waals surface area contributed by atoms with Crippen LogP contribution in [0.2, 0.25) is 0 Å². The molecule has 0 fully saturated rings. The number of carbonyl (C=O) groups excluding carboxylic acids is 1. The lowest BCUT2D eigenvalue weighted by atomic mass is 10.0. The van der Waals surface area contributed by atoms with Crippen LogP contribution in [0.25, 0.3) is 0 Å². The minimum atomic E-state index is -1.01. The molecule has 8 nitrogen and oxygen atoms in total. The number of carbonyl (C=O) groups is 1. The summed E-state index contributed by atoms with van der Waals surface area (Å²) >= 11 is 0. The zero-order valence-electron chi connectivity index (χ0n) is 14.4. The van der Waals surface area contributed by atoms with Gasteiger partial charge in [0.2, 0.25) is 5.88 Å². The maximum absolute atomic E-state index is 12.2. The zero-order chi connectivity index (χ0) is 18.6. The van der Waals surface area contributed by atoms with Crippen molar-refractivity contribution in [2.75, 3.05) is 7.11 Å². The lowest BCUT2D eigenvalue weighted by molar-refractivity contribution is -0.134. The van der Waals surface area contributed by atoms with Crippen molar-refractivity contribution in [1.82, 2.24) is 15.0 Å². The van der Waals surface area contributed by atoms with Gasteiger partial charge in [0.15, 0.2) is 0 Å². The first-order valence-corrected chi connectivity index (χ1v) is 7.98. The number of methoxy groups -OCH3 is 1. The summed E-state index contributed by atoms with van der Waals surface area (Å²) in [6.45, 7) is 3.44. The fourth-order valence-electron chi connectivity index (χ4n) is 2.76. The molecule has 1 atom stereocenters. The summed E-state index contributed by atoms with van der Waals surface area (Å²) in [5, 5.41) is 19.3. The molecule has 136 valence electrons. The molecule has 0 aliphatic rings. The Hall–Kier alpha value is -2.74. The van der Waals surface area contributed by atoms with Gasteiger partial charge in [-0.25, -0.2) is 10.3 Å². The molecule has 0 saturated heterocycles. The Bertz CT molecular complexity index is 777. The van der Waals surface area contributed by atoms with Crippen molar-refractivity contribution >= 4 is 5.91 Å². The average molecular weight is 349 g/mol. The lowest BCUT2D eigenvalue weighted by Gasteiger charge is -2.19. The van der Waals surface area contributed by atoms with Crippen LogP contribution >= 0.6 is 0 Å². The van der Waals surface area contributed by atoms with Crippen LogP contribution in [-0.2, 0) is 17.6 Å². The molecule has 1 aromatic carbocycles. The second kappa shape index (κ2) is 7.89. The van der Waals surface area contributed by atoms with Crippen molar-refractivity contribution in [3.8, 4) is 11.6 Å². The number of hydrogen-bond donors (Lipinski definition) is 4. The predicted octanol–water partition coefficient (Wildman–Crippen LogP) is 1.38. The van der Waals surface area contributed by atoms with Gasteiger partial charge in [-0.05, 0) is 36.5 Å².